The number of hydrogen-bond acceptors (Lipinski definition) is 7. The molecule has 0 aliphatic heterocycles. The summed E-state index contributed by atoms with van der Waals surface area (Å²) in [5.74, 6) is 1.05. The molecule has 0 bridgehead atoms. The minimum Gasteiger partial charge on any atom is -0.493 e. The Morgan fingerprint density at radius 1 is 0.964 bits per heavy atom. The predicted molar refractivity (Wildman–Crippen MR) is 103 cm³/mol. The second-order valence-corrected chi connectivity index (χ2v) is 5.46. The van der Waals surface area contributed by atoms with E-state index in [1.54, 1.807) is 18.2 Å². The molecular weight excluding hydrogens is 368 g/mol. The Hall–Kier alpha value is -3.49. The molecular formula is C19H22N2O7. The number of non-ortho nitro benzene ring substituents is 1. The van der Waals surface area contributed by atoms with Crippen LogP contribution in [0.15, 0.2) is 36.4 Å². The first kappa shape index (κ1) is 20.8. The largest absolute Gasteiger partial charge is 0.493 e. The molecule has 0 atom stereocenters. The van der Waals surface area contributed by atoms with Crippen LogP contribution in [0.3, 0.4) is 0 Å². The zero-order valence-corrected chi connectivity index (χ0v) is 15.9. The number of rotatable bonds is 10. The normalized spacial score (nSPS) is 10.1. The number of nitro groups is 1. The van der Waals surface area contributed by atoms with Gasteiger partial charge in [0, 0.05) is 17.8 Å². The van der Waals surface area contributed by atoms with Crippen molar-refractivity contribution in [2.24, 2.45) is 0 Å². The molecule has 0 saturated carbocycles. The maximum Gasteiger partial charge on any atom is 0.273 e. The van der Waals surface area contributed by atoms with Crippen molar-refractivity contribution in [1.82, 2.24) is 0 Å². The van der Waals surface area contributed by atoms with E-state index in [1.165, 1.54) is 25.3 Å². The lowest BCUT2D eigenvalue weighted by Gasteiger charge is -2.13. The summed E-state index contributed by atoms with van der Waals surface area (Å²) in [4.78, 5) is 22.5. The molecule has 0 fully saturated rings. The van der Waals surface area contributed by atoms with Crippen LogP contribution in [-0.2, 0) is 4.79 Å². The van der Waals surface area contributed by atoms with E-state index >= 15 is 0 Å². The van der Waals surface area contributed by atoms with Crippen molar-refractivity contribution in [2.45, 2.75) is 13.8 Å². The van der Waals surface area contributed by atoms with E-state index in [-0.39, 0.29) is 23.8 Å². The van der Waals surface area contributed by atoms with Gasteiger partial charge < -0.3 is 24.3 Å². The average molecular weight is 390 g/mol. The lowest BCUT2D eigenvalue weighted by Crippen LogP contribution is -2.20. The second kappa shape index (κ2) is 10.0. The van der Waals surface area contributed by atoms with Crippen LogP contribution in [-0.4, -0.2) is 37.8 Å². The summed E-state index contributed by atoms with van der Waals surface area (Å²) in [7, 11) is 1.41. The zero-order chi connectivity index (χ0) is 20.5. The van der Waals surface area contributed by atoms with Crippen molar-refractivity contribution < 1.29 is 28.7 Å². The smallest absolute Gasteiger partial charge is 0.273 e. The predicted octanol–water partition coefficient (Wildman–Crippen LogP) is 3.42. The van der Waals surface area contributed by atoms with E-state index in [0.29, 0.717) is 30.4 Å². The standard InChI is InChI=1S/C19H22N2O7/c1-4-26-16-8-6-13(10-17(16)27-5-2)20-19(22)12-28-18-11-14(21(23)24)7-9-15(18)25-3/h6-11H,4-5,12H2,1-3H3,(H,20,22). The molecule has 28 heavy (non-hydrogen) atoms. The average Bonchev–Trinajstić information content (AvgIpc) is 2.68. The molecule has 9 nitrogen and oxygen atoms in total. The fraction of sp³-hybridized carbons (Fsp3) is 0.316. The Bertz CT molecular complexity index is 839. The molecule has 0 heterocycles. The Kier molecular flexibility index (Phi) is 7.44. The number of ether oxygens (including phenoxy) is 4. The molecule has 150 valence electrons. The third-order valence-electron chi connectivity index (χ3n) is 3.54. The summed E-state index contributed by atoms with van der Waals surface area (Å²) < 4.78 is 21.5. The number of benzene rings is 2. The first-order valence-electron chi connectivity index (χ1n) is 8.63. The van der Waals surface area contributed by atoms with E-state index in [4.69, 9.17) is 18.9 Å². The first-order valence-corrected chi connectivity index (χ1v) is 8.63. The molecule has 0 unspecified atom stereocenters. The quantitative estimate of drug-likeness (QED) is 0.489. The summed E-state index contributed by atoms with van der Waals surface area (Å²) >= 11 is 0. The number of nitro benzene ring substituents is 1. The van der Waals surface area contributed by atoms with Gasteiger partial charge in [-0.1, -0.05) is 0 Å². The van der Waals surface area contributed by atoms with Gasteiger partial charge in [-0.25, -0.2) is 0 Å². The van der Waals surface area contributed by atoms with Gasteiger partial charge in [0.25, 0.3) is 11.6 Å². The molecule has 0 aromatic heterocycles. The maximum atomic E-state index is 12.2. The fourth-order valence-electron chi connectivity index (χ4n) is 2.36. The minimum atomic E-state index is -0.554. The molecule has 0 spiro atoms. The van der Waals surface area contributed by atoms with Crippen LogP contribution in [0.25, 0.3) is 0 Å². The highest BCUT2D eigenvalue weighted by Crippen LogP contribution is 2.32. The highest BCUT2D eigenvalue weighted by Gasteiger charge is 2.14. The highest BCUT2D eigenvalue weighted by molar-refractivity contribution is 5.92. The highest BCUT2D eigenvalue weighted by atomic mass is 16.6. The van der Waals surface area contributed by atoms with Crippen LogP contribution in [0.5, 0.6) is 23.0 Å². The van der Waals surface area contributed by atoms with Crippen LogP contribution < -0.4 is 24.3 Å². The van der Waals surface area contributed by atoms with Crippen LogP contribution in [0.4, 0.5) is 11.4 Å². The molecule has 2 aromatic carbocycles. The Morgan fingerprint density at radius 3 is 2.25 bits per heavy atom. The number of carbonyl (C=O) groups is 1. The lowest BCUT2D eigenvalue weighted by molar-refractivity contribution is -0.385. The Morgan fingerprint density at radius 2 is 1.61 bits per heavy atom. The van der Waals surface area contributed by atoms with E-state index < -0.39 is 10.8 Å². The van der Waals surface area contributed by atoms with Crippen molar-refractivity contribution in [3.8, 4) is 23.0 Å². The van der Waals surface area contributed by atoms with Gasteiger partial charge in [0.1, 0.15) is 0 Å². The molecule has 0 radical (unpaired) electrons. The number of amides is 1. The van der Waals surface area contributed by atoms with Gasteiger partial charge in [0.2, 0.25) is 0 Å². The van der Waals surface area contributed by atoms with Gasteiger partial charge in [-0.2, -0.15) is 0 Å². The van der Waals surface area contributed by atoms with Crippen LogP contribution >= 0.6 is 0 Å². The van der Waals surface area contributed by atoms with Gasteiger partial charge in [-0.05, 0) is 32.0 Å². The van der Waals surface area contributed by atoms with Crippen molar-refractivity contribution in [1.29, 1.82) is 0 Å². The topological polar surface area (TPSA) is 109 Å². The number of anilines is 1. The third kappa shape index (κ3) is 5.50. The van der Waals surface area contributed by atoms with Gasteiger partial charge in [0.15, 0.2) is 29.6 Å². The summed E-state index contributed by atoms with van der Waals surface area (Å²) in [6, 6.07) is 8.94. The summed E-state index contributed by atoms with van der Waals surface area (Å²) in [6.07, 6.45) is 0. The molecule has 0 saturated heterocycles. The number of nitrogens with one attached hydrogen (secondary N) is 1. The summed E-state index contributed by atoms with van der Waals surface area (Å²) in [6.45, 7) is 4.30. The van der Waals surface area contributed by atoms with Crippen molar-refractivity contribution in [2.75, 3.05) is 32.2 Å². The molecule has 0 aliphatic rings. The number of methoxy groups -OCH3 is 1. The zero-order valence-electron chi connectivity index (χ0n) is 15.9. The van der Waals surface area contributed by atoms with Gasteiger partial charge in [0.05, 0.1) is 31.3 Å². The maximum absolute atomic E-state index is 12.2. The third-order valence-corrected chi connectivity index (χ3v) is 3.54. The Labute approximate surface area is 162 Å². The van der Waals surface area contributed by atoms with Gasteiger partial charge >= 0.3 is 0 Å². The molecule has 2 aromatic rings. The van der Waals surface area contributed by atoms with E-state index in [9.17, 15) is 14.9 Å². The second-order valence-electron chi connectivity index (χ2n) is 5.46. The number of carbonyl (C=O) groups excluding carboxylic acids is 1. The van der Waals surface area contributed by atoms with Gasteiger partial charge in [-0.3, -0.25) is 14.9 Å². The number of nitrogens with zero attached hydrogens (tertiary/aromatic N) is 1. The van der Waals surface area contributed by atoms with Gasteiger partial charge in [-0.15, -0.1) is 0 Å². The fourth-order valence-corrected chi connectivity index (χ4v) is 2.36. The molecule has 1 amide bonds. The van der Waals surface area contributed by atoms with Crippen molar-refractivity contribution >= 4 is 17.3 Å². The van der Waals surface area contributed by atoms with Crippen LogP contribution in [0, 0.1) is 10.1 Å². The Balaban J connectivity index is 2.05. The molecule has 1 N–H and O–H groups in total. The minimum absolute atomic E-state index is 0.105. The number of hydrogen-bond donors (Lipinski definition) is 1. The SMILES string of the molecule is CCOc1ccc(NC(=O)COc2cc([N+](=O)[O-])ccc2OC)cc1OCC. The van der Waals surface area contributed by atoms with E-state index in [2.05, 4.69) is 5.32 Å². The van der Waals surface area contributed by atoms with Crippen molar-refractivity contribution in [3.63, 3.8) is 0 Å². The van der Waals surface area contributed by atoms with Crippen LogP contribution in [0.2, 0.25) is 0 Å². The monoisotopic (exact) mass is 390 g/mol. The first-order chi connectivity index (χ1) is 13.5. The molecule has 9 heteroatoms. The summed E-state index contributed by atoms with van der Waals surface area (Å²) in [5.41, 5.74) is 0.343. The van der Waals surface area contributed by atoms with E-state index in [1.807, 2.05) is 13.8 Å². The molecule has 2 rings (SSSR count). The molecule has 0 aliphatic carbocycles. The van der Waals surface area contributed by atoms with Crippen molar-refractivity contribution in [3.05, 3.63) is 46.5 Å². The van der Waals surface area contributed by atoms with E-state index in [0.717, 1.165) is 0 Å². The van der Waals surface area contributed by atoms with Crippen LogP contribution in [0.1, 0.15) is 13.8 Å². The summed E-state index contributed by atoms with van der Waals surface area (Å²) in [5, 5.41) is 13.6. The lowest BCUT2D eigenvalue weighted by atomic mass is 10.2.